The second kappa shape index (κ2) is 8.22. The highest BCUT2D eigenvalue weighted by Crippen LogP contribution is 2.23. The molecule has 0 aliphatic carbocycles. The minimum Gasteiger partial charge on any atom is -0.341 e. The summed E-state index contributed by atoms with van der Waals surface area (Å²) in [6.07, 6.45) is 2.16. The van der Waals surface area contributed by atoms with Gasteiger partial charge in [-0.3, -0.25) is 13.9 Å². The Balaban J connectivity index is 0.00000243. The molecule has 9 heteroatoms. The van der Waals surface area contributed by atoms with E-state index in [4.69, 9.17) is 0 Å². The Labute approximate surface area is 158 Å². The average Bonchev–Trinajstić information content (AvgIpc) is 3.01. The number of nitriles is 1. The fourth-order valence-electron chi connectivity index (χ4n) is 3.19. The quantitative estimate of drug-likeness (QED) is 0.791. The van der Waals surface area contributed by atoms with Gasteiger partial charge in [-0.15, -0.1) is 18.3 Å². The van der Waals surface area contributed by atoms with Crippen LogP contribution in [0.5, 0.6) is 0 Å². The molecule has 1 aliphatic heterocycles. The minimum atomic E-state index is -0.277. The summed E-state index contributed by atoms with van der Waals surface area (Å²) in [5.41, 5.74) is 0.422. The van der Waals surface area contributed by atoms with Gasteiger partial charge in [0.1, 0.15) is 6.07 Å². The maximum absolute atomic E-state index is 12.7. The van der Waals surface area contributed by atoms with Gasteiger partial charge in [-0.2, -0.15) is 15.2 Å². The largest absolute Gasteiger partial charge is 0.341 e. The fourth-order valence-corrected chi connectivity index (χ4v) is 3.19. The lowest BCUT2D eigenvalue weighted by atomic mass is 10.1. The van der Waals surface area contributed by atoms with Crippen LogP contribution in [0.4, 0.5) is 5.95 Å². The summed E-state index contributed by atoms with van der Waals surface area (Å²) in [6.45, 7) is 3.81. The second-order valence-corrected chi connectivity index (χ2v) is 6.08. The Kier molecular flexibility index (Phi) is 6.25. The molecule has 138 valence electrons. The summed E-state index contributed by atoms with van der Waals surface area (Å²) < 4.78 is 3.08. The highest BCUT2D eigenvalue weighted by atomic mass is 35.5. The molecule has 1 atom stereocenters. The number of aromatic nitrogens is 4. The lowest BCUT2D eigenvalue weighted by Crippen LogP contribution is -2.45. The number of rotatable bonds is 3. The number of likely N-dealkylation sites (N-methyl/N-ethyl adjacent to an activating group) is 1. The van der Waals surface area contributed by atoms with Crippen LogP contribution < -0.4 is 15.8 Å². The molecule has 26 heavy (non-hydrogen) atoms. The minimum absolute atomic E-state index is 0. The number of nitrogens with zero attached hydrogens (tertiary/aromatic N) is 6. The van der Waals surface area contributed by atoms with Crippen molar-refractivity contribution >= 4 is 29.5 Å². The maximum atomic E-state index is 12.7. The van der Waals surface area contributed by atoms with Crippen LogP contribution in [0.15, 0.2) is 4.79 Å². The molecule has 1 aliphatic rings. The summed E-state index contributed by atoms with van der Waals surface area (Å²) in [4.78, 5) is 23.7. The average molecular weight is 376 g/mol. The lowest BCUT2D eigenvalue weighted by molar-refractivity contribution is 0.443. The number of halogens is 1. The SMILES string of the molecule is CC#CCn1c(N2CCCC(NC)C2)nc2nc(C#N)n(C)c(=O)c21.Cl. The first-order valence-electron chi connectivity index (χ1n) is 8.29. The van der Waals surface area contributed by atoms with Gasteiger partial charge in [0.2, 0.25) is 11.8 Å². The lowest BCUT2D eigenvalue weighted by Gasteiger charge is -2.33. The standard InChI is InChI=1S/C17H21N7O.ClH/c1-4-5-9-24-14-15(20-13(10-18)22(3)16(14)25)21-17(24)23-8-6-7-12(11-23)19-2;/h12,19H,6-9,11H2,1-3H3;1H. The van der Waals surface area contributed by atoms with Crippen LogP contribution in [0.3, 0.4) is 0 Å². The van der Waals surface area contributed by atoms with Crippen LogP contribution in [-0.2, 0) is 13.6 Å². The van der Waals surface area contributed by atoms with E-state index >= 15 is 0 Å². The molecule has 0 bridgehead atoms. The zero-order valence-corrected chi connectivity index (χ0v) is 15.9. The van der Waals surface area contributed by atoms with Crippen molar-refractivity contribution in [3.05, 3.63) is 16.2 Å². The van der Waals surface area contributed by atoms with Crippen molar-refractivity contribution < 1.29 is 0 Å². The van der Waals surface area contributed by atoms with Crippen LogP contribution in [0.1, 0.15) is 25.6 Å². The van der Waals surface area contributed by atoms with Gasteiger partial charge in [0.25, 0.3) is 5.56 Å². The highest BCUT2D eigenvalue weighted by Gasteiger charge is 2.25. The molecular formula is C17H22ClN7O. The van der Waals surface area contributed by atoms with E-state index in [1.165, 1.54) is 4.57 Å². The van der Waals surface area contributed by atoms with Crippen LogP contribution >= 0.6 is 12.4 Å². The number of fused-ring (bicyclic) bond motifs is 1. The van der Waals surface area contributed by atoms with Crippen LogP contribution in [0.2, 0.25) is 0 Å². The van der Waals surface area contributed by atoms with Gasteiger partial charge in [-0.1, -0.05) is 5.92 Å². The molecule has 0 saturated carbocycles. The molecule has 0 amide bonds. The summed E-state index contributed by atoms with van der Waals surface area (Å²) in [6, 6.07) is 2.33. The van der Waals surface area contributed by atoms with Gasteiger partial charge < -0.3 is 10.2 Å². The van der Waals surface area contributed by atoms with Gasteiger partial charge in [0, 0.05) is 26.2 Å². The topological polar surface area (TPSA) is 91.8 Å². The van der Waals surface area contributed by atoms with E-state index in [0.29, 0.717) is 29.7 Å². The molecule has 1 unspecified atom stereocenters. The molecule has 3 heterocycles. The van der Waals surface area contributed by atoms with Gasteiger partial charge >= 0.3 is 0 Å². The predicted octanol–water partition coefficient (Wildman–Crippen LogP) is 0.635. The number of nitrogens with one attached hydrogen (secondary N) is 1. The van der Waals surface area contributed by atoms with Crippen molar-refractivity contribution in [2.45, 2.75) is 32.4 Å². The Morgan fingerprint density at radius 2 is 2.15 bits per heavy atom. The van der Waals surface area contributed by atoms with E-state index in [0.717, 1.165) is 25.9 Å². The third-order valence-corrected chi connectivity index (χ3v) is 4.59. The zero-order valence-electron chi connectivity index (χ0n) is 15.1. The molecule has 3 rings (SSSR count). The summed E-state index contributed by atoms with van der Waals surface area (Å²) in [5, 5.41) is 12.5. The first-order valence-corrected chi connectivity index (χ1v) is 8.29. The van der Waals surface area contributed by atoms with Crippen LogP contribution in [0, 0.1) is 23.2 Å². The fraction of sp³-hybridized carbons (Fsp3) is 0.529. The molecule has 0 radical (unpaired) electrons. The number of piperidine rings is 1. The molecule has 0 spiro atoms. The smallest absolute Gasteiger partial charge is 0.280 e. The molecule has 8 nitrogen and oxygen atoms in total. The van der Waals surface area contributed by atoms with Crippen molar-refractivity contribution in [1.29, 1.82) is 5.26 Å². The number of imidazole rings is 1. The van der Waals surface area contributed by atoms with Crippen molar-refractivity contribution in [1.82, 2.24) is 24.4 Å². The Morgan fingerprint density at radius 1 is 1.38 bits per heavy atom. The first-order chi connectivity index (χ1) is 12.1. The Bertz CT molecular complexity index is 960. The van der Waals surface area contributed by atoms with Crippen LogP contribution in [-0.4, -0.2) is 45.3 Å². The van der Waals surface area contributed by atoms with E-state index in [1.807, 2.05) is 17.7 Å². The maximum Gasteiger partial charge on any atom is 0.280 e. The second-order valence-electron chi connectivity index (χ2n) is 6.08. The number of hydrogen-bond acceptors (Lipinski definition) is 6. The van der Waals surface area contributed by atoms with E-state index in [9.17, 15) is 10.1 Å². The number of hydrogen-bond donors (Lipinski definition) is 1. The van der Waals surface area contributed by atoms with Crippen molar-refractivity contribution in [2.24, 2.45) is 7.05 Å². The van der Waals surface area contributed by atoms with Crippen molar-refractivity contribution in [3.8, 4) is 17.9 Å². The third-order valence-electron chi connectivity index (χ3n) is 4.59. The van der Waals surface area contributed by atoms with Gasteiger partial charge in [0.05, 0.1) is 6.54 Å². The highest BCUT2D eigenvalue weighted by molar-refractivity contribution is 5.85. The van der Waals surface area contributed by atoms with E-state index in [1.54, 1.807) is 14.0 Å². The van der Waals surface area contributed by atoms with E-state index in [-0.39, 0.29) is 23.8 Å². The molecule has 2 aromatic heterocycles. The normalized spacial score (nSPS) is 16.5. The molecule has 0 aromatic carbocycles. The Morgan fingerprint density at radius 3 is 2.81 bits per heavy atom. The zero-order chi connectivity index (χ0) is 18.0. The van der Waals surface area contributed by atoms with E-state index in [2.05, 4.69) is 32.0 Å². The van der Waals surface area contributed by atoms with Crippen molar-refractivity contribution in [2.75, 3.05) is 25.0 Å². The van der Waals surface area contributed by atoms with Crippen molar-refractivity contribution in [3.63, 3.8) is 0 Å². The first kappa shape index (κ1) is 19.8. The molecule has 1 saturated heterocycles. The molecule has 1 fully saturated rings. The van der Waals surface area contributed by atoms with Gasteiger partial charge in [0.15, 0.2) is 11.2 Å². The van der Waals surface area contributed by atoms with Gasteiger partial charge in [-0.05, 0) is 26.8 Å². The van der Waals surface area contributed by atoms with Crippen LogP contribution in [0.25, 0.3) is 11.2 Å². The monoisotopic (exact) mass is 375 g/mol. The summed E-state index contributed by atoms with van der Waals surface area (Å²) in [5.74, 6) is 6.63. The van der Waals surface area contributed by atoms with Gasteiger partial charge in [-0.25, -0.2) is 0 Å². The predicted molar refractivity (Wildman–Crippen MR) is 102 cm³/mol. The Hall–Kier alpha value is -2.55. The number of anilines is 1. The molecule has 1 N–H and O–H groups in total. The molecular weight excluding hydrogens is 354 g/mol. The third kappa shape index (κ3) is 3.39. The molecule has 2 aromatic rings. The summed E-state index contributed by atoms with van der Waals surface area (Å²) >= 11 is 0. The van der Waals surface area contributed by atoms with E-state index < -0.39 is 0 Å². The summed E-state index contributed by atoms with van der Waals surface area (Å²) in [7, 11) is 3.50.